The molecule has 0 aromatic heterocycles. The standard InChI is InChI=1S/C72H141NO5/c1-3-5-7-9-11-13-15-17-37-41-44-48-52-56-60-64-70(75)69(68-74)73-71(76)65-61-57-53-49-45-42-38-35-33-31-29-27-25-23-21-19-18-20-22-24-26-28-30-32-34-36-39-43-47-51-55-59-63-67-78-72(77)66-62-58-54-50-46-40-16-14-12-10-8-6-4-2/h22,24,69-70,74-75H,3-21,23,25-68H2,1-2H3,(H,73,76)/b24-22-. The minimum atomic E-state index is -0.661. The topological polar surface area (TPSA) is 95.9 Å². The third-order valence-corrected chi connectivity index (χ3v) is 17.1. The zero-order valence-electron chi connectivity index (χ0n) is 53.2. The molecule has 0 saturated heterocycles. The first kappa shape index (κ1) is 76.6. The lowest BCUT2D eigenvalue weighted by molar-refractivity contribution is -0.143. The van der Waals surface area contributed by atoms with Gasteiger partial charge in [0.2, 0.25) is 5.91 Å². The van der Waals surface area contributed by atoms with Crippen LogP contribution >= 0.6 is 0 Å². The van der Waals surface area contributed by atoms with Crippen molar-refractivity contribution in [1.82, 2.24) is 5.32 Å². The van der Waals surface area contributed by atoms with E-state index in [1.165, 1.54) is 340 Å². The van der Waals surface area contributed by atoms with E-state index in [2.05, 4.69) is 31.3 Å². The molecule has 2 atom stereocenters. The first-order chi connectivity index (χ1) is 38.5. The fraction of sp³-hybridized carbons (Fsp3) is 0.944. The van der Waals surface area contributed by atoms with Crippen molar-refractivity contribution in [2.75, 3.05) is 13.2 Å². The summed E-state index contributed by atoms with van der Waals surface area (Å²) in [6, 6.07) is -0.538. The lowest BCUT2D eigenvalue weighted by atomic mass is 10.0. The highest BCUT2D eigenvalue weighted by molar-refractivity contribution is 5.76. The van der Waals surface area contributed by atoms with Crippen molar-refractivity contribution in [2.24, 2.45) is 0 Å². The molecule has 0 spiro atoms. The molecule has 0 aliphatic heterocycles. The Labute approximate surface area is 489 Å². The third-order valence-electron chi connectivity index (χ3n) is 17.1. The predicted molar refractivity (Wildman–Crippen MR) is 343 cm³/mol. The smallest absolute Gasteiger partial charge is 0.305 e. The molecule has 0 aliphatic carbocycles. The number of aliphatic hydroxyl groups excluding tert-OH is 2. The van der Waals surface area contributed by atoms with Gasteiger partial charge in [0.15, 0.2) is 0 Å². The Bertz CT molecular complexity index is 1180. The average molecular weight is 1100 g/mol. The van der Waals surface area contributed by atoms with Gasteiger partial charge in [-0.15, -0.1) is 0 Å². The van der Waals surface area contributed by atoms with E-state index in [0.29, 0.717) is 25.9 Å². The molecule has 0 rings (SSSR count). The molecule has 0 heterocycles. The molecule has 78 heavy (non-hydrogen) atoms. The number of amides is 1. The molecule has 6 heteroatoms. The number of esters is 1. The molecule has 0 fully saturated rings. The molecule has 0 aromatic rings. The number of rotatable bonds is 68. The summed E-state index contributed by atoms with van der Waals surface area (Å²) in [5.74, 6) is -0.00733. The van der Waals surface area contributed by atoms with E-state index in [1.54, 1.807) is 0 Å². The van der Waals surface area contributed by atoms with Crippen LogP contribution in [0, 0.1) is 0 Å². The van der Waals surface area contributed by atoms with Crippen LogP contribution in [0.4, 0.5) is 0 Å². The van der Waals surface area contributed by atoms with Gasteiger partial charge in [-0.25, -0.2) is 0 Å². The van der Waals surface area contributed by atoms with Crippen LogP contribution in [0.25, 0.3) is 0 Å². The minimum absolute atomic E-state index is 0.0211. The molecule has 3 N–H and O–H groups in total. The predicted octanol–water partition coefficient (Wildman–Crippen LogP) is 23.1. The van der Waals surface area contributed by atoms with Gasteiger partial charge in [-0.2, -0.15) is 0 Å². The molecule has 0 aromatic carbocycles. The summed E-state index contributed by atoms with van der Waals surface area (Å²) >= 11 is 0. The minimum Gasteiger partial charge on any atom is -0.466 e. The molecular weight excluding hydrogens is 959 g/mol. The molecule has 2 unspecified atom stereocenters. The molecule has 0 aliphatic rings. The SMILES string of the molecule is CCCCCCCCCCCCCCCCCC(O)C(CO)NC(=O)CCCCCCCCCCCCCCCCCCC/C=C\CCCCCCCCCCCCCCOC(=O)CCCCCCCCCCCCCCC. The summed E-state index contributed by atoms with van der Waals surface area (Å²) in [5, 5.41) is 23.3. The number of aliphatic hydroxyl groups is 2. The van der Waals surface area contributed by atoms with Gasteiger partial charge in [0.05, 0.1) is 25.4 Å². The molecule has 0 saturated carbocycles. The van der Waals surface area contributed by atoms with Gasteiger partial charge in [0.1, 0.15) is 0 Å². The number of hydrogen-bond donors (Lipinski definition) is 3. The Morgan fingerprint density at radius 3 is 0.910 bits per heavy atom. The van der Waals surface area contributed by atoms with Gasteiger partial charge in [-0.1, -0.05) is 360 Å². The van der Waals surface area contributed by atoms with Crippen molar-refractivity contribution >= 4 is 11.9 Å². The zero-order chi connectivity index (χ0) is 56.4. The van der Waals surface area contributed by atoms with Crippen LogP contribution in [0.15, 0.2) is 12.2 Å². The summed E-state index contributed by atoms with van der Waals surface area (Å²) in [5.41, 5.74) is 0. The summed E-state index contributed by atoms with van der Waals surface area (Å²) in [6.07, 6.45) is 84.2. The summed E-state index contributed by atoms with van der Waals surface area (Å²) in [7, 11) is 0. The number of allylic oxidation sites excluding steroid dienone is 2. The van der Waals surface area contributed by atoms with E-state index in [1.807, 2.05) is 0 Å². The Hall–Kier alpha value is -1.40. The van der Waals surface area contributed by atoms with Crippen molar-refractivity contribution in [3.8, 4) is 0 Å². The lowest BCUT2D eigenvalue weighted by Crippen LogP contribution is -2.45. The quantitative estimate of drug-likeness (QED) is 0.0320. The second-order valence-electron chi connectivity index (χ2n) is 24.9. The summed E-state index contributed by atoms with van der Waals surface area (Å²) in [6.45, 7) is 4.99. The number of carbonyl (C=O) groups excluding carboxylic acids is 2. The van der Waals surface area contributed by atoms with Crippen LogP contribution in [-0.4, -0.2) is 47.4 Å². The van der Waals surface area contributed by atoms with Crippen LogP contribution in [0.3, 0.4) is 0 Å². The summed E-state index contributed by atoms with van der Waals surface area (Å²) < 4.78 is 5.49. The lowest BCUT2D eigenvalue weighted by Gasteiger charge is -2.22. The second kappa shape index (κ2) is 68.1. The maximum atomic E-state index is 12.5. The van der Waals surface area contributed by atoms with Crippen molar-refractivity contribution in [2.45, 2.75) is 424 Å². The Morgan fingerprint density at radius 1 is 0.346 bits per heavy atom. The summed E-state index contributed by atoms with van der Waals surface area (Å²) in [4.78, 5) is 24.6. The highest BCUT2D eigenvalue weighted by atomic mass is 16.5. The van der Waals surface area contributed by atoms with E-state index in [0.717, 1.165) is 38.5 Å². The van der Waals surface area contributed by atoms with Crippen LogP contribution in [0.5, 0.6) is 0 Å². The monoisotopic (exact) mass is 1100 g/mol. The van der Waals surface area contributed by atoms with Gasteiger partial charge in [-0.05, 0) is 51.4 Å². The van der Waals surface area contributed by atoms with Gasteiger partial charge >= 0.3 is 5.97 Å². The second-order valence-corrected chi connectivity index (χ2v) is 24.9. The normalized spacial score (nSPS) is 12.5. The van der Waals surface area contributed by atoms with Gasteiger partial charge in [-0.3, -0.25) is 9.59 Å². The molecule has 0 bridgehead atoms. The van der Waals surface area contributed by atoms with Crippen molar-refractivity contribution in [3.05, 3.63) is 12.2 Å². The van der Waals surface area contributed by atoms with Crippen LogP contribution in [-0.2, 0) is 14.3 Å². The molecule has 0 radical (unpaired) electrons. The third kappa shape index (κ3) is 63.8. The number of unbranched alkanes of at least 4 members (excludes halogenated alkanes) is 55. The van der Waals surface area contributed by atoms with E-state index in [9.17, 15) is 19.8 Å². The van der Waals surface area contributed by atoms with Crippen LogP contribution < -0.4 is 5.32 Å². The van der Waals surface area contributed by atoms with Crippen molar-refractivity contribution < 1.29 is 24.5 Å². The molecule has 1 amide bonds. The Balaban J connectivity index is 3.33. The van der Waals surface area contributed by atoms with Gasteiger partial charge in [0.25, 0.3) is 0 Å². The maximum Gasteiger partial charge on any atom is 0.305 e. The van der Waals surface area contributed by atoms with Crippen molar-refractivity contribution in [1.29, 1.82) is 0 Å². The van der Waals surface area contributed by atoms with E-state index >= 15 is 0 Å². The zero-order valence-corrected chi connectivity index (χ0v) is 53.2. The fourth-order valence-corrected chi connectivity index (χ4v) is 11.6. The molecular formula is C72H141NO5. The first-order valence-electron chi connectivity index (χ1n) is 35.9. The Morgan fingerprint density at radius 2 is 0.603 bits per heavy atom. The van der Waals surface area contributed by atoms with Gasteiger partial charge in [0, 0.05) is 12.8 Å². The number of hydrogen-bond acceptors (Lipinski definition) is 5. The van der Waals surface area contributed by atoms with Crippen LogP contribution in [0.2, 0.25) is 0 Å². The highest BCUT2D eigenvalue weighted by Gasteiger charge is 2.20. The highest BCUT2D eigenvalue weighted by Crippen LogP contribution is 2.19. The maximum absolute atomic E-state index is 12.5. The van der Waals surface area contributed by atoms with Crippen molar-refractivity contribution in [3.63, 3.8) is 0 Å². The largest absolute Gasteiger partial charge is 0.466 e. The van der Waals surface area contributed by atoms with Gasteiger partial charge < -0.3 is 20.3 Å². The average Bonchev–Trinajstić information content (AvgIpc) is 3.44. The Kier molecular flexibility index (Phi) is 66.9. The van der Waals surface area contributed by atoms with E-state index < -0.39 is 12.1 Å². The number of nitrogens with one attached hydrogen (secondary N) is 1. The van der Waals surface area contributed by atoms with E-state index in [-0.39, 0.29) is 18.5 Å². The van der Waals surface area contributed by atoms with Crippen LogP contribution in [0.1, 0.15) is 412 Å². The number of carbonyl (C=O) groups is 2. The molecule has 6 nitrogen and oxygen atoms in total. The first-order valence-corrected chi connectivity index (χ1v) is 35.9. The van der Waals surface area contributed by atoms with E-state index in [4.69, 9.17) is 4.74 Å². The molecule has 464 valence electrons. The fourth-order valence-electron chi connectivity index (χ4n) is 11.6. The number of ether oxygens (including phenoxy) is 1.